The largest absolute Gasteiger partial charge is 0.496 e. The third-order valence-electron chi connectivity index (χ3n) is 2.44. The molecule has 6 nitrogen and oxygen atoms in total. The molecule has 0 aliphatic heterocycles. The number of aliphatic carboxylic acids is 1. The van der Waals surface area contributed by atoms with Crippen LogP contribution in [0.2, 0.25) is 5.02 Å². The van der Waals surface area contributed by atoms with Crippen LogP contribution in [0.25, 0.3) is 0 Å². The fraction of sp³-hybridized carbons (Fsp3) is 0.333. The number of nitrogens with one attached hydrogen (secondary N) is 2. The second kappa shape index (κ2) is 6.84. The van der Waals surface area contributed by atoms with Gasteiger partial charge >= 0.3 is 12.0 Å². The molecule has 3 N–H and O–H groups in total. The number of ether oxygens (including phenoxy) is 1. The van der Waals surface area contributed by atoms with E-state index < -0.39 is 18.0 Å². The summed E-state index contributed by atoms with van der Waals surface area (Å²) < 4.78 is 5.13. The molecule has 2 amide bonds. The number of hydrogen-bond donors (Lipinski definition) is 3. The summed E-state index contributed by atoms with van der Waals surface area (Å²) in [6.07, 6.45) is 0. The Bertz CT molecular complexity index is 479. The minimum Gasteiger partial charge on any atom is -0.496 e. The highest BCUT2D eigenvalue weighted by Crippen LogP contribution is 2.25. The van der Waals surface area contributed by atoms with Crippen molar-refractivity contribution in [1.29, 1.82) is 0 Å². The van der Waals surface area contributed by atoms with E-state index in [-0.39, 0.29) is 6.54 Å². The van der Waals surface area contributed by atoms with Gasteiger partial charge in [0.15, 0.2) is 0 Å². The van der Waals surface area contributed by atoms with Crippen LogP contribution in [0.3, 0.4) is 0 Å². The molecule has 1 aromatic carbocycles. The Morgan fingerprint density at radius 2 is 2.16 bits per heavy atom. The molecule has 0 radical (unpaired) electrons. The smallest absolute Gasteiger partial charge is 0.325 e. The van der Waals surface area contributed by atoms with Gasteiger partial charge in [-0.15, -0.1) is 0 Å². The molecule has 1 unspecified atom stereocenters. The highest BCUT2D eigenvalue weighted by molar-refractivity contribution is 6.31. The molecular formula is C12H15ClN2O4. The van der Waals surface area contributed by atoms with Crippen molar-refractivity contribution in [1.82, 2.24) is 10.6 Å². The van der Waals surface area contributed by atoms with Gasteiger partial charge in [-0.1, -0.05) is 17.7 Å². The fourth-order valence-corrected chi connectivity index (χ4v) is 1.61. The van der Waals surface area contributed by atoms with Crippen LogP contribution in [0.15, 0.2) is 18.2 Å². The first-order valence-corrected chi connectivity index (χ1v) is 5.92. The standard InChI is InChI=1S/C12H15ClN2O4/c1-7(11(16)17)15-12(18)14-6-8-9(13)4-3-5-10(8)19-2/h3-5,7H,6H2,1-2H3,(H,16,17)(H2,14,15,18). The second-order valence-electron chi connectivity index (χ2n) is 3.81. The first-order valence-electron chi connectivity index (χ1n) is 5.54. The number of carbonyl (C=O) groups excluding carboxylic acids is 1. The number of halogens is 1. The fourth-order valence-electron chi connectivity index (χ4n) is 1.38. The topological polar surface area (TPSA) is 87.7 Å². The van der Waals surface area contributed by atoms with Gasteiger partial charge in [-0.2, -0.15) is 0 Å². The van der Waals surface area contributed by atoms with E-state index in [9.17, 15) is 9.59 Å². The molecule has 104 valence electrons. The predicted molar refractivity (Wildman–Crippen MR) is 70.5 cm³/mol. The molecule has 19 heavy (non-hydrogen) atoms. The lowest BCUT2D eigenvalue weighted by Crippen LogP contribution is -2.44. The van der Waals surface area contributed by atoms with Crippen molar-refractivity contribution < 1.29 is 19.4 Å². The van der Waals surface area contributed by atoms with Crippen LogP contribution >= 0.6 is 11.6 Å². The molecule has 0 saturated carbocycles. The molecule has 0 heterocycles. The zero-order valence-electron chi connectivity index (χ0n) is 10.6. The van der Waals surface area contributed by atoms with Crippen LogP contribution in [0.1, 0.15) is 12.5 Å². The van der Waals surface area contributed by atoms with Crippen molar-refractivity contribution in [3.63, 3.8) is 0 Å². The summed E-state index contributed by atoms with van der Waals surface area (Å²) in [7, 11) is 1.50. The quantitative estimate of drug-likeness (QED) is 0.767. The lowest BCUT2D eigenvalue weighted by molar-refractivity contribution is -0.138. The molecule has 1 atom stereocenters. The minimum absolute atomic E-state index is 0.140. The van der Waals surface area contributed by atoms with Crippen molar-refractivity contribution in [2.45, 2.75) is 19.5 Å². The van der Waals surface area contributed by atoms with Gasteiger partial charge in [0.25, 0.3) is 0 Å². The van der Waals surface area contributed by atoms with E-state index in [4.69, 9.17) is 21.4 Å². The summed E-state index contributed by atoms with van der Waals surface area (Å²) in [6, 6.07) is 3.58. The van der Waals surface area contributed by atoms with Gasteiger partial charge in [-0.3, -0.25) is 4.79 Å². The Kier molecular flexibility index (Phi) is 5.44. The number of rotatable bonds is 5. The molecule has 7 heteroatoms. The van der Waals surface area contributed by atoms with Crippen molar-refractivity contribution in [3.8, 4) is 5.75 Å². The van der Waals surface area contributed by atoms with Gasteiger partial charge in [0.1, 0.15) is 11.8 Å². The van der Waals surface area contributed by atoms with E-state index in [2.05, 4.69) is 10.6 Å². The lowest BCUT2D eigenvalue weighted by Gasteiger charge is -2.13. The average molecular weight is 287 g/mol. The maximum Gasteiger partial charge on any atom is 0.325 e. The maximum absolute atomic E-state index is 11.5. The number of amides is 2. The maximum atomic E-state index is 11.5. The zero-order chi connectivity index (χ0) is 14.4. The van der Waals surface area contributed by atoms with Crippen LogP contribution in [-0.4, -0.2) is 30.3 Å². The van der Waals surface area contributed by atoms with Crippen LogP contribution < -0.4 is 15.4 Å². The lowest BCUT2D eigenvalue weighted by atomic mass is 10.2. The van der Waals surface area contributed by atoms with Crippen molar-refractivity contribution in [2.75, 3.05) is 7.11 Å². The van der Waals surface area contributed by atoms with Gasteiger partial charge in [0, 0.05) is 17.1 Å². The summed E-state index contributed by atoms with van der Waals surface area (Å²) in [5.74, 6) is -0.551. The summed E-state index contributed by atoms with van der Waals surface area (Å²) in [6.45, 7) is 1.51. The van der Waals surface area contributed by atoms with E-state index in [0.717, 1.165) is 0 Å². The van der Waals surface area contributed by atoms with E-state index >= 15 is 0 Å². The van der Waals surface area contributed by atoms with Gasteiger partial charge in [0.2, 0.25) is 0 Å². The summed E-state index contributed by atoms with van der Waals surface area (Å²) >= 11 is 6.00. The molecule has 0 saturated heterocycles. The second-order valence-corrected chi connectivity index (χ2v) is 4.21. The van der Waals surface area contributed by atoms with Gasteiger partial charge in [-0.25, -0.2) is 4.79 Å². The highest BCUT2D eigenvalue weighted by Gasteiger charge is 2.14. The molecular weight excluding hydrogens is 272 g/mol. The van der Waals surface area contributed by atoms with Gasteiger partial charge in [-0.05, 0) is 19.1 Å². The van der Waals surface area contributed by atoms with Crippen LogP contribution in [-0.2, 0) is 11.3 Å². The number of benzene rings is 1. The van der Waals surface area contributed by atoms with Gasteiger partial charge in [0.05, 0.1) is 7.11 Å². The molecule has 0 fully saturated rings. The Morgan fingerprint density at radius 3 is 2.74 bits per heavy atom. The Hall–Kier alpha value is -1.95. The Balaban J connectivity index is 2.62. The minimum atomic E-state index is -1.11. The average Bonchev–Trinajstić information content (AvgIpc) is 2.36. The van der Waals surface area contributed by atoms with Crippen LogP contribution in [0.5, 0.6) is 5.75 Å². The third-order valence-corrected chi connectivity index (χ3v) is 2.79. The molecule has 0 spiro atoms. The number of methoxy groups -OCH3 is 1. The molecule has 0 aliphatic carbocycles. The van der Waals surface area contributed by atoms with Crippen molar-refractivity contribution in [2.24, 2.45) is 0 Å². The zero-order valence-corrected chi connectivity index (χ0v) is 11.3. The van der Waals surface area contributed by atoms with Crippen molar-refractivity contribution in [3.05, 3.63) is 28.8 Å². The van der Waals surface area contributed by atoms with E-state index in [1.165, 1.54) is 14.0 Å². The summed E-state index contributed by atoms with van der Waals surface area (Å²) in [5, 5.41) is 13.9. The predicted octanol–water partition coefficient (Wildman–Crippen LogP) is 1.62. The van der Waals surface area contributed by atoms with E-state index in [1.54, 1.807) is 18.2 Å². The van der Waals surface area contributed by atoms with E-state index in [1.807, 2.05) is 0 Å². The first-order chi connectivity index (χ1) is 8.95. The first kappa shape index (κ1) is 15.1. The molecule has 0 aliphatic rings. The molecule has 0 aromatic heterocycles. The van der Waals surface area contributed by atoms with Gasteiger partial charge < -0.3 is 20.5 Å². The molecule has 1 aromatic rings. The normalized spacial score (nSPS) is 11.5. The van der Waals surface area contributed by atoms with Crippen molar-refractivity contribution >= 4 is 23.6 Å². The number of hydrogen-bond acceptors (Lipinski definition) is 3. The Labute approximate surface area is 115 Å². The number of urea groups is 1. The summed E-state index contributed by atoms with van der Waals surface area (Å²) in [4.78, 5) is 22.1. The highest BCUT2D eigenvalue weighted by atomic mass is 35.5. The van der Waals surface area contributed by atoms with Crippen LogP contribution in [0, 0.1) is 0 Å². The molecule has 0 bridgehead atoms. The third kappa shape index (κ3) is 4.33. The SMILES string of the molecule is COc1cccc(Cl)c1CNC(=O)NC(C)C(=O)O. The van der Waals surface area contributed by atoms with Crippen LogP contribution in [0.4, 0.5) is 4.79 Å². The number of carboxylic acid groups (broad SMARTS) is 1. The number of carbonyl (C=O) groups is 2. The molecule has 1 rings (SSSR count). The monoisotopic (exact) mass is 286 g/mol. The van der Waals surface area contributed by atoms with E-state index in [0.29, 0.717) is 16.3 Å². The Morgan fingerprint density at radius 1 is 1.47 bits per heavy atom. The number of carboxylic acids is 1. The summed E-state index contributed by atoms with van der Waals surface area (Å²) in [5.41, 5.74) is 0.629.